The summed E-state index contributed by atoms with van der Waals surface area (Å²) < 4.78 is 0.571. The number of halogens is 1. The van der Waals surface area contributed by atoms with Crippen molar-refractivity contribution >= 4 is 26.8 Å². The fourth-order valence-corrected chi connectivity index (χ4v) is 2.10. The first-order valence-electron chi connectivity index (χ1n) is 5.21. The Morgan fingerprint density at radius 2 is 2.06 bits per heavy atom. The molecule has 0 saturated heterocycles. The number of hydrogen-bond donors (Lipinski definition) is 1. The molecule has 0 bridgehead atoms. The monoisotopic (exact) mass is 280 g/mol. The summed E-state index contributed by atoms with van der Waals surface area (Å²) in [6, 6.07) is 5.20. The van der Waals surface area contributed by atoms with Crippen molar-refractivity contribution in [2.75, 3.05) is 0 Å². The Hall–Kier alpha value is -1.16. The maximum atomic E-state index is 9.42. The number of nitrogens with zero attached hydrogens (tertiary/aromatic N) is 2. The van der Waals surface area contributed by atoms with Gasteiger partial charge in [0.2, 0.25) is 0 Å². The number of rotatable bonds is 2. The van der Waals surface area contributed by atoms with E-state index >= 15 is 0 Å². The molecule has 0 aliphatic rings. The highest BCUT2D eigenvalue weighted by molar-refractivity contribution is 9.10. The van der Waals surface area contributed by atoms with Gasteiger partial charge in [-0.15, -0.1) is 0 Å². The maximum absolute atomic E-state index is 9.42. The molecule has 0 amide bonds. The van der Waals surface area contributed by atoms with Crippen molar-refractivity contribution in [2.45, 2.75) is 20.3 Å². The van der Waals surface area contributed by atoms with Crippen LogP contribution in [0.4, 0.5) is 0 Å². The molecule has 1 heterocycles. The minimum Gasteiger partial charge on any atom is -0.508 e. The van der Waals surface area contributed by atoms with Crippen molar-refractivity contribution in [3.8, 4) is 5.75 Å². The summed E-state index contributed by atoms with van der Waals surface area (Å²) in [6.07, 6.45) is 0.905. The molecule has 0 saturated carbocycles. The number of aromatic hydroxyl groups is 1. The Kier molecular flexibility index (Phi) is 3.10. The minimum atomic E-state index is 0.230. The smallest absolute Gasteiger partial charge is 0.197 e. The van der Waals surface area contributed by atoms with Crippen molar-refractivity contribution in [2.24, 2.45) is 5.92 Å². The molecule has 0 fully saturated rings. The first-order valence-corrected chi connectivity index (χ1v) is 6.00. The van der Waals surface area contributed by atoms with Crippen LogP contribution in [0, 0.1) is 5.92 Å². The lowest BCUT2D eigenvalue weighted by molar-refractivity contribution is 0.476. The van der Waals surface area contributed by atoms with Gasteiger partial charge in [0.15, 0.2) is 4.73 Å². The van der Waals surface area contributed by atoms with Gasteiger partial charge in [-0.2, -0.15) is 0 Å². The Morgan fingerprint density at radius 3 is 2.75 bits per heavy atom. The topological polar surface area (TPSA) is 46.0 Å². The highest BCUT2D eigenvalue weighted by Crippen LogP contribution is 2.23. The lowest BCUT2D eigenvalue weighted by atomic mass is 10.0. The molecule has 1 N–H and O–H groups in total. The average molecular weight is 281 g/mol. The van der Waals surface area contributed by atoms with E-state index in [1.807, 2.05) is 6.07 Å². The fraction of sp³-hybridized carbons (Fsp3) is 0.333. The van der Waals surface area contributed by atoms with Gasteiger partial charge in [0, 0.05) is 11.5 Å². The van der Waals surface area contributed by atoms with E-state index in [9.17, 15) is 5.11 Å². The van der Waals surface area contributed by atoms with E-state index in [0.29, 0.717) is 10.7 Å². The van der Waals surface area contributed by atoms with Crippen molar-refractivity contribution in [3.63, 3.8) is 0 Å². The molecule has 0 spiro atoms. The predicted molar refractivity (Wildman–Crippen MR) is 67.4 cm³/mol. The van der Waals surface area contributed by atoms with Crippen LogP contribution in [0.15, 0.2) is 22.9 Å². The molecule has 1 aromatic carbocycles. The second-order valence-corrected chi connectivity index (χ2v) is 4.95. The SMILES string of the molecule is CC(C)Cc1nc(Br)nc2cc(O)ccc12. The van der Waals surface area contributed by atoms with E-state index in [1.165, 1.54) is 0 Å². The van der Waals surface area contributed by atoms with Crippen molar-refractivity contribution in [1.29, 1.82) is 0 Å². The summed E-state index contributed by atoms with van der Waals surface area (Å²) in [6.45, 7) is 4.31. The van der Waals surface area contributed by atoms with Crippen LogP contribution >= 0.6 is 15.9 Å². The van der Waals surface area contributed by atoms with Crippen LogP contribution in [0.3, 0.4) is 0 Å². The zero-order chi connectivity index (χ0) is 11.7. The maximum Gasteiger partial charge on any atom is 0.197 e. The third-order valence-electron chi connectivity index (χ3n) is 2.33. The van der Waals surface area contributed by atoms with Crippen LogP contribution in [0.2, 0.25) is 0 Å². The van der Waals surface area contributed by atoms with Gasteiger partial charge in [-0.25, -0.2) is 9.97 Å². The molecule has 0 radical (unpaired) electrons. The molecule has 84 valence electrons. The number of phenols is 1. The average Bonchev–Trinajstić information content (AvgIpc) is 2.15. The van der Waals surface area contributed by atoms with Crippen LogP contribution < -0.4 is 0 Å². The van der Waals surface area contributed by atoms with Crippen LogP contribution in [-0.2, 0) is 6.42 Å². The van der Waals surface area contributed by atoms with Crippen LogP contribution in [0.1, 0.15) is 19.5 Å². The van der Waals surface area contributed by atoms with Gasteiger partial charge >= 0.3 is 0 Å². The third-order valence-corrected chi connectivity index (χ3v) is 2.69. The van der Waals surface area contributed by atoms with Crippen LogP contribution in [-0.4, -0.2) is 15.1 Å². The van der Waals surface area contributed by atoms with Crippen molar-refractivity contribution < 1.29 is 5.11 Å². The van der Waals surface area contributed by atoms with Gasteiger partial charge in [0.05, 0.1) is 11.2 Å². The summed E-state index contributed by atoms with van der Waals surface area (Å²) in [5, 5.41) is 10.4. The summed E-state index contributed by atoms with van der Waals surface area (Å²) in [4.78, 5) is 8.65. The lowest BCUT2D eigenvalue weighted by Crippen LogP contribution is -2.00. The zero-order valence-corrected chi connectivity index (χ0v) is 10.8. The first-order chi connectivity index (χ1) is 7.56. The van der Waals surface area contributed by atoms with Gasteiger partial charge in [-0.1, -0.05) is 13.8 Å². The molecule has 2 rings (SSSR count). The van der Waals surface area contributed by atoms with E-state index in [-0.39, 0.29) is 5.75 Å². The first kappa shape index (κ1) is 11.3. The summed E-state index contributed by atoms with van der Waals surface area (Å²) in [5.41, 5.74) is 1.80. The second-order valence-electron chi connectivity index (χ2n) is 4.24. The summed E-state index contributed by atoms with van der Waals surface area (Å²) in [5.74, 6) is 0.771. The number of phenolic OH excluding ortho intramolecular Hbond substituents is 1. The van der Waals surface area contributed by atoms with Crippen LogP contribution in [0.25, 0.3) is 10.9 Å². The molecular weight excluding hydrogens is 268 g/mol. The quantitative estimate of drug-likeness (QED) is 0.859. The third kappa shape index (κ3) is 2.32. The summed E-state index contributed by atoms with van der Waals surface area (Å²) in [7, 11) is 0. The lowest BCUT2D eigenvalue weighted by Gasteiger charge is -2.08. The van der Waals surface area contributed by atoms with E-state index in [2.05, 4.69) is 39.7 Å². The highest BCUT2D eigenvalue weighted by atomic mass is 79.9. The largest absolute Gasteiger partial charge is 0.508 e. The van der Waals surface area contributed by atoms with E-state index in [0.717, 1.165) is 23.0 Å². The van der Waals surface area contributed by atoms with Crippen molar-refractivity contribution in [1.82, 2.24) is 9.97 Å². The van der Waals surface area contributed by atoms with E-state index in [1.54, 1.807) is 12.1 Å². The number of benzene rings is 1. The van der Waals surface area contributed by atoms with Gasteiger partial charge < -0.3 is 5.11 Å². The molecule has 4 heteroatoms. The summed E-state index contributed by atoms with van der Waals surface area (Å²) >= 11 is 3.29. The fourth-order valence-electron chi connectivity index (χ4n) is 1.69. The number of hydrogen-bond acceptors (Lipinski definition) is 3. The zero-order valence-electron chi connectivity index (χ0n) is 9.24. The van der Waals surface area contributed by atoms with Crippen LogP contribution in [0.5, 0.6) is 5.75 Å². The number of fused-ring (bicyclic) bond motifs is 1. The van der Waals surface area contributed by atoms with Gasteiger partial charge in [-0.3, -0.25) is 0 Å². The normalized spacial score (nSPS) is 11.2. The Balaban J connectivity index is 2.63. The molecule has 3 nitrogen and oxygen atoms in total. The van der Waals surface area contributed by atoms with E-state index < -0.39 is 0 Å². The Labute approximate surface area is 103 Å². The molecule has 0 aliphatic carbocycles. The van der Waals surface area contributed by atoms with Gasteiger partial charge in [0.25, 0.3) is 0 Å². The molecule has 2 aromatic rings. The van der Waals surface area contributed by atoms with Gasteiger partial charge in [-0.05, 0) is 40.4 Å². The standard InChI is InChI=1S/C12H13BrN2O/c1-7(2)5-10-9-4-3-8(16)6-11(9)15-12(13)14-10/h3-4,6-7,16H,5H2,1-2H3. The second kappa shape index (κ2) is 4.37. The molecule has 1 aromatic heterocycles. The molecular formula is C12H13BrN2O. The predicted octanol–water partition coefficient (Wildman–Crippen LogP) is 3.30. The molecule has 0 aliphatic heterocycles. The molecule has 0 atom stereocenters. The van der Waals surface area contributed by atoms with Crippen molar-refractivity contribution in [3.05, 3.63) is 28.6 Å². The minimum absolute atomic E-state index is 0.230. The van der Waals surface area contributed by atoms with Gasteiger partial charge in [0.1, 0.15) is 5.75 Å². The number of aromatic nitrogens is 2. The van der Waals surface area contributed by atoms with E-state index in [4.69, 9.17) is 0 Å². The Morgan fingerprint density at radius 1 is 1.31 bits per heavy atom. The highest BCUT2D eigenvalue weighted by Gasteiger charge is 2.08. The Bertz CT molecular complexity index is 520. The molecule has 16 heavy (non-hydrogen) atoms. The molecule has 0 unspecified atom stereocenters.